The first kappa shape index (κ1) is 59.7. The van der Waals surface area contributed by atoms with E-state index in [-0.39, 0.29) is 19.3 Å². The highest BCUT2D eigenvalue weighted by Gasteiger charge is 2.32. The van der Waals surface area contributed by atoms with E-state index in [1.165, 1.54) is 78.2 Å². The fourth-order valence-electron chi connectivity index (χ4n) is 10.2. The molecule has 1 aliphatic rings. The van der Waals surface area contributed by atoms with Gasteiger partial charge in [0.25, 0.3) is 0 Å². The van der Waals surface area contributed by atoms with Gasteiger partial charge in [0.05, 0.1) is 24.6 Å². The fraction of sp³-hybridized carbons (Fsp3) is 0.426. The summed E-state index contributed by atoms with van der Waals surface area (Å²) in [5, 5.41) is 4.81. The van der Waals surface area contributed by atoms with Gasteiger partial charge in [0.1, 0.15) is 5.75 Å². The summed E-state index contributed by atoms with van der Waals surface area (Å²) in [5.74, 6) is 2.27. The number of thiophene rings is 1. The molecule has 8 nitrogen and oxygen atoms in total. The van der Waals surface area contributed by atoms with Crippen LogP contribution in [0.15, 0.2) is 78.2 Å². The van der Waals surface area contributed by atoms with Crippen molar-refractivity contribution in [2.75, 3.05) is 7.11 Å². The largest absolute Gasteiger partial charge is 0.495 e. The van der Waals surface area contributed by atoms with Gasteiger partial charge in [-0.05, 0) is 163 Å². The number of rotatable bonds is 15. The third kappa shape index (κ3) is 13.5. The number of aromatic amines is 6. The Labute approximate surface area is 436 Å². The van der Waals surface area contributed by atoms with E-state index in [1.807, 2.05) is 76.9 Å². The number of H-pyrrole nitrogens is 6. The average Bonchev–Trinajstić information content (AvgIpc) is 4.24. The van der Waals surface area contributed by atoms with Crippen LogP contribution in [0.4, 0.5) is 0 Å². The number of nitrogens with one attached hydrogen (secondary N) is 6. The first-order valence-electron chi connectivity index (χ1n) is 25.3. The van der Waals surface area contributed by atoms with Gasteiger partial charge in [0.15, 0.2) is 6.29 Å². The number of allylic oxidation sites excluding steroid dienone is 3. The number of methoxy groups -OCH3 is 1. The molecule has 0 aromatic carbocycles. The van der Waals surface area contributed by atoms with E-state index in [9.17, 15) is 4.79 Å². The molecule has 7 aromatic heterocycles. The zero-order chi connectivity index (χ0) is 51.8. The number of carbonyl (C=O) groups is 1. The molecule has 0 spiro atoms. The molecule has 5 unspecified atom stereocenters. The molecule has 1 aliphatic heterocycles. The second kappa shape index (κ2) is 28.5. The molecule has 8 heterocycles. The van der Waals surface area contributed by atoms with E-state index in [0.29, 0.717) is 17.1 Å². The van der Waals surface area contributed by atoms with Crippen molar-refractivity contribution in [3.63, 3.8) is 0 Å². The first-order valence-corrected chi connectivity index (χ1v) is 27.1. The summed E-state index contributed by atoms with van der Waals surface area (Å²) in [5.41, 5.74) is 21.6. The van der Waals surface area contributed by atoms with Crippen molar-refractivity contribution < 1.29 is 9.53 Å². The summed E-state index contributed by atoms with van der Waals surface area (Å²) >= 11 is 3.69. The van der Waals surface area contributed by atoms with E-state index in [1.54, 1.807) is 7.11 Å². The van der Waals surface area contributed by atoms with Crippen LogP contribution in [0.25, 0.3) is 6.08 Å². The summed E-state index contributed by atoms with van der Waals surface area (Å²) in [7, 11) is 1.74. The van der Waals surface area contributed by atoms with Gasteiger partial charge in [0.2, 0.25) is 0 Å². The lowest BCUT2D eigenvalue weighted by atomic mass is 9.84. The van der Waals surface area contributed by atoms with Crippen LogP contribution < -0.4 is 4.74 Å². The standard InChI is InChI=1S/C21H26N2S.C18H26N2O.C17H20N2OS.2C2H6.CH4/c1-7-16-12(3)20(22-14(16)5)19(18-10-9-11-24-18)21-13(4)17(8-2)15(6)23-21;1-6-7-9-12(2)16(15-10-8-11-19-15)17-13(3)18(21-5)14(4)20-17;1-10-6-7-14(18-10)16(15-5-4-8-21-15)17-11(2)13(9-20)12(3)19-17;2*1-2;/h7,9-11,19,22-23H,1,8H2,2-6H3;6-8,10-12,16,19-20H,9H2,1-5H3;4,6-9,15-16,18-19H,5H2,1-3H3;2*1-2H3;1H4/b;7-6-;;;;. The SMILES string of the molecule is C.C/C=C\CC(C)C(c1ccc[nH]1)c1[nH]c(C)c(OC)c1C.C=Cc1c(C)[nH]c(C(c2cccs2)c2[nH]c(C)c(CC)c2C)c1C.CC.CC.Cc1ccc(C(c2[nH]c(C)c(C=O)c2C)C2CC=CS2)[nH]1. The molecule has 10 heteroatoms. The number of ether oxygens (including phenoxy) is 1. The van der Waals surface area contributed by atoms with Gasteiger partial charge in [-0.1, -0.05) is 85.9 Å². The number of hydrogen-bond donors (Lipinski definition) is 6. The molecule has 71 heavy (non-hydrogen) atoms. The zero-order valence-corrected chi connectivity index (χ0v) is 47.1. The van der Waals surface area contributed by atoms with Gasteiger partial charge in [-0.15, -0.1) is 23.1 Å². The maximum atomic E-state index is 11.3. The summed E-state index contributed by atoms with van der Waals surface area (Å²) < 4.78 is 5.53. The number of thioether (sulfide) groups is 1. The highest BCUT2D eigenvalue weighted by atomic mass is 32.2. The minimum absolute atomic E-state index is 0. The number of aldehydes is 1. The quantitative estimate of drug-likeness (QED) is 0.0453. The Morgan fingerprint density at radius 1 is 0.761 bits per heavy atom. The lowest BCUT2D eigenvalue weighted by molar-refractivity contribution is 0.112. The Kier molecular flexibility index (Phi) is 23.9. The van der Waals surface area contributed by atoms with E-state index in [4.69, 9.17) is 4.74 Å². The molecule has 6 N–H and O–H groups in total. The summed E-state index contributed by atoms with van der Waals surface area (Å²) in [6.45, 7) is 37.6. The predicted molar refractivity (Wildman–Crippen MR) is 311 cm³/mol. The van der Waals surface area contributed by atoms with E-state index in [0.717, 1.165) is 59.5 Å². The molecule has 386 valence electrons. The van der Waals surface area contributed by atoms with Gasteiger partial charge in [-0.3, -0.25) is 4.79 Å². The molecular formula is C61H88N6O2S2. The van der Waals surface area contributed by atoms with E-state index >= 15 is 0 Å². The van der Waals surface area contributed by atoms with Crippen LogP contribution in [0.3, 0.4) is 0 Å². The van der Waals surface area contributed by atoms with Crippen LogP contribution >= 0.6 is 23.1 Å². The molecule has 5 atom stereocenters. The van der Waals surface area contributed by atoms with Crippen LogP contribution in [-0.2, 0) is 6.42 Å². The maximum Gasteiger partial charge on any atom is 0.152 e. The Morgan fingerprint density at radius 2 is 1.39 bits per heavy atom. The second-order valence-electron chi connectivity index (χ2n) is 17.9. The summed E-state index contributed by atoms with van der Waals surface area (Å²) in [4.78, 5) is 33.8. The Hall–Kier alpha value is -5.58. The van der Waals surface area contributed by atoms with Crippen molar-refractivity contribution in [3.8, 4) is 5.75 Å². The average molecular weight is 1000 g/mol. The summed E-state index contributed by atoms with van der Waals surface area (Å²) in [6.07, 6.45) is 14.7. The lowest BCUT2D eigenvalue weighted by Gasteiger charge is -2.22. The van der Waals surface area contributed by atoms with Gasteiger partial charge < -0.3 is 34.6 Å². The minimum Gasteiger partial charge on any atom is -0.495 e. The summed E-state index contributed by atoms with van der Waals surface area (Å²) in [6, 6.07) is 12.9. The topological polar surface area (TPSA) is 121 Å². The zero-order valence-electron chi connectivity index (χ0n) is 45.4. The van der Waals surface area contributed by atoms with Crippen LogP contribution in [0.5, 0.6) is 5.75 Å². The predicted octanol–water partition coefficient (Wildman–Crippen LogP) is 17.6. The number of aromatic nitrogens is 6. The molecule has 0 fully saturated rings. The normalized spacial score (nSPS) is 14.4. The number of hydrogen-bond acceptors (Lipinski definition) is 4. The van der Waals surface area contributed by atoms with Crippen molar-refractivity contribution in [2.45, 2.75) is 160 Å². The van der Waals surface area contributed by atoms with Crippen molar-refractivity contribution in [2.24, 2.45) is 5.92 Å². The number of aryl methyl sites for hydroxylation is 5. The van der Waals surface area contributed by atoms with Gasteiger partial charge in [-0.25, -0.2) is 0 Å². The van der Waals surface area contributed by atoms with Gasteiger partial charge in [-0.2, -0.15) is 0 Å². The van der Waals surface area contributed by atoms with Crippen molar-refractivity contribution in [3.05, 3.63) is 185 Å². The van der Waals surface area contributed by atoms with E-state index < -0.39 is 0 Å². The van der Waals surface area contributed by atoms with Gasteiger partial charge >= 0.3 is 0 Å². The minimum atomic E-state index is 0. The Morgan fingerprint density at radius 3 is 1.87 bits per heavy atom. The Bertz CT molecular complexity index is 2740. The first-order chi connectivity index (χ1) is 33.7. The van der Waals surface area contributed by atoms with Gasteiger partial charge in [0, 0.05) is 90.3 Å². The molecule has 0 aliphatic carbocycles. The highest BCUT2D eigenvalue weighted by Crippen LogP contribution is 2.43. The molecule has 0 saturated heterocycles. The van der Waals surface area contributed by atoms with Crippen LogP contribution in [0.2, 0.25) is 0 Å². The molecule has 7 aromatic rings. The smallest absolute Gasteiger partial charge is 0.152 e. The van der Waals surface area contributed by atoms with Crippen molar-refractivity contribution >= 4 is 35.5 Å². The molecule has 0 saturated carbocycles. The van der Waals surface area contributed by atoms with Crippen LogP contribution in [0, 0.1) is 68.2 Å². The van der Waals surface area contributed by atoms with E-state index in [2.05, 4.69) is 171 Å². The Balaban J connectivity index is 0.000000270. The maximum absolute atomic E-state index is 11.3. The second-order valence-corrected chi connectivity index (χ2v) is 20.0. The molecular weight excluding hydrogens is 913 g/mol. The van der Waals surface area contributed by atoms with Crippen molar-refractivity contribution in [1.82, 2.24) is 29.9 Å². The fourth-order valence-corrected chi connectivity index (χ4v) is 12.1. The van der Waals surface area contributed by atoms with Crippen LogP contribution in [-0.4, -0.2) is 48.5 Å². The molecule has 0 bridgehead atoms. The third-order valence-corrected chi connectivity index (χ3v) is 15.7. The molecule has 0 amide bonds. The highest BCUT2D eigenvalue weighted by molar-refractivity contribution is 8.03. The molecule has 8 rings (SSSR count). The number of carbonyl (C=O) groups excluding carboxylic acids is 1. The third-order valence-electron chi connectivity index (χ3n) is 13.6. The van der Waals surface area contributed by atoms with Crippen molar-refractivity contribution in [1.29, 1.82) is 0 Å². The monoisotopic (exact) mass is 1000 g/mol. The lowest BCUT2D eigenvalue weighted by Crippen LogP contribution is -2.16. The molecule has 0 radical (unpaired) electrons. The van der Waals surface area contributed by atoms with Crippen LogP contribution in [0.1, 0.15) is 198 Å².